The van der Waals surface area contributed by atoms with Gasteiger partial charge in [0.05, 0.1) is 24.6 Å². The molecule has 0 bridgehead atoms. The van der Waals surface area contributed by atoms with Crippen LogP contribution in [-0.2, 0) is 0 Å². The first-order valence-corrected chi connectivity index (χ1v) is 5.75. The molecular formula is C11H12N6O. The fourth-order valence-corrected chi connectivity index (χ4v) is 2.10. The molecule has 3 heterocycles. The molecule has 2 aromatic heterocycles. The van der Waals surface area contributed by atoms with Crippen LogP contribution in [0.5, 0.6) is 0 Å². The van der Waals surface area contributed by atoms with Crippen LogP contribution in [0.15, 0.2) is 31.0 Å². The highest BCUT2D eigenvalue weighted by Gasteiger charge is 2.29. The molecule has 0 aromatic carbocycles. The monoisotopic (exact) mass is 244 g/mol. The Morgan fingerprint density at radius 3 is 2.78 bits per heavy atom. The molecule has 7 heteroatoms. The second kappa shape index (κ2) is 4.52. The van der Waals surface area contributed by atoms with E-state index < -0.39 is 0 Å². The lowest BCUT2D eigenvalue weighted by Crippen LogP contribution is -2.30. The minimum Gasteiger partial charge on any atom is -0.335 e. The Morgan fingerprint density at radius 1 is 1.22 bits per heavy atom. The molecule has 1 fully saturated rings. The third kappa shape index (κ3) is 1.94. The van der Waals surface area contributed by atoms with Gasteiger partial charge in [0.2, 0.25) is 0 Å². The van der Waals surface area contributed by atoms with Gasteiger partial charge in [0, 0.05) is 25.5 Å². The molecule has 2 aromatic rings. The van der Waals surface area contributed by atoms with Crippen LogP contribution in [0.25, 0.3) is 0 Å². The normalized spacial score (nSPS) is 19.1. The molecule has 3 rings (SSSR count). The van der Waals surface area contributed by atoms with Gasteiger partial charge in [-0.2, -0.15) is 15.0 Å². The number of hydrogen-bond acceptors (Lipinski definition) is 5. The quantitative estimate of drug-likeness (QED) is 0.751. The molecule has 0 saturated carbocycles. The zero-order chi connectivity index (χ0) is 12.4. The molecule has 1 aliphatic rings. The van der Waals surface area contributed by atoms with Crippen molar-refractivity contribution in [3.63, 3.8) is 0 Å². The van der Waals surface area contributed by atoms with Gasteiger partial charge in [-0.3, -0.25) is 9.78 Å². The van der Waals surface area contributed by atoms with Crippen LogP contribution in [0.4, 0.5) is 0 Å². The van der Waals surface area contributed by atoms with Crippen molar-refractivity contribution >= 4 is 5.91 Å². The Hall–Kier alpha value is -2.31. The van der Waals surface area contributed by atoms with E-state index in [4.69, 9.17) is 0 Å². The van der Waals surface area contributed by atoms with E-state index >= 15 is 0 Å². The smallest absolute Gasteiger partial charge is 0.274 e. The Morgan fingerprint density at radius 2 is 2.06 bits per heavy atom. The Labute approximate surface area is 103 Å². The molecule has 0 radical (unpaired) electrons. The lowest BCUT2D eigenvalue weighted by molar-refractivity contribution is 0.0780. The SMILES string of the molecule is O=C(c1cnccn1)N1CCC(n2nccn2)C1. The third-order valence-corrected chi connectivity index (χ3v) is 3.00. The molecule has 7 nitrogen and oxygen atoms in total. The first kappa shape index (κ1) is 10.8. The fourth-order valence-electron chi connectivity index (χ4n) is 2.10. The van der Waals surface area contributed by atoms with Crippen LogP contribution in [0.1, 0.15) is 23.0 Å². The minimum absolute atomic E-state index is 0.0854. The summed E-state index contributed by atoms with van der Waals surface area (Å²) in [7, 11) is 0. The number of aromatic nitrogens is 5. The second-order valence-corrected chi connectivity index (χ2v) is 4.13. The van der Waals surface area contributed by atoms with Gasteiger partial charge < -0.3 is 4.90 Å². The topological polar surface area (TPSA) is 76.8 Å². The number of hydrogen-bond donors (Lipinski definition) is 0. The summed E-state index contributed by atoms with van der Waals surface area (Å²) in [4.78, 5) is 23.5. The van der Waals surface area contributed by atoms with Crippen LogP contribution in [0.2, 0.25) is 0 Å². The van der Waals surface area contributed by atoms with Crippen molar-refractivity contribution in [3.8, 4) is 0 Å². The van der Waals surface area contributed by atoms with Crippen molar-refractivity contribution < 1.29 is 4.79 Å². The third-order valence-electron chi connectivity index (χ3n) is 3.00. The number of carbonyl (C=O) groups is 1. The molecule has 1 atom stereocenters. The van der Waals surface area contributed by atoms with Crippen molar-refractivity contribution in [1.29, 1.82) is 0 Å². The lowest BCUT2D eigenvalue weighted by Gasteiger charge is -2.15. The molecule has 18 heavy (non-hydrogen) atoms. The Balaban J connectivity index is 1.71. The maximum Gasteiger partial charge on any atom is 0.274 e. The minimum atomic E-state index is -0.0854. The van der Waals surface area contributed by atoms with Crippen LogP contribution in [0, 0.1) is 0 Å². The number of amides is 1. The molecule has 0 aliphatic carbocycles. The molecule has 1 aliphatic heterocycles. The number of likely N-dealkylation sites (tertiary alicyclic amines) is 1. The van der Waals surface area contributed by atoms with Crippen molar-refractivity contribution in [3.05, 3.63) is 36.7 Å². The van der Waals surface area contributed by atoms with Crippen LogP contribution < -0.4 is 0 Å². The standard InChI is InChI=1S/C11H12N6O/c18-11(10-7-12-2-3-13-10)16-6-1-9(8-16)17-14-4-5-15-17/h2-5,7,9H,1,6,8H2. The zero-order valence-electron chi connectivity index (χ0n) is 9.68. The highest BCUT2D eigenvalue weighted by molar-refractivity contribution is 5.92. The van der Waals surface area contributed by atoms with E-state index in [2.05, 4.69) is 20.2 Å². The van der Waals surface area contributed by atoms with Gasteiger partial charge in [-0.25, -0.2) is 4.98 Å². The number of rotatable bonds is 2. The maximum absolute atomic E-state index is 12.1. The van der Waals surface area contributed by atoms with Crippen molar-refractivity contribution in [2.24, 2.45) is 0 Å². The summed E-state index contributed by atoms with van der Waals surface area (Å²) in [6.07, 6.45) is 8.72. The van der Waals surface area contributed by atoms with Gasteiger partial charge in [0.15, 0.2) is 0 Å². The summed E-state index contributed by atoms with van der Waals surface area (Å²) < 4.78 is 0. The van der Waals surface area contributed by atoms with E-state index in [9.17, 15) is 4.79 Å². The molecule has 1 unspecified atom stereocenters. The van der Waals surface area contributed by atoms with Gasteiger partial charge in [0.25, 0.3) is 5.91 Å². The van der Waals surface area contributed by atoms with Gasteiger partial charge >= 0.3 is 0 Å². The van der Waals surface area contributed by atoms with Gasteiger partial charge in [-0.1, -0.05) is 0 Å². The van der Waals surface area contributed by atoms with Crippen molar-refractivity contribution in [1.82, 2.24) is 29.9 Å². The van der Waals surface area contributed by atoms with E-state index in [-0.39, 0.29) is 11.9 Å². The molecule has 1 saturated heterocycles. The number of carbonyl (C=O) groups excluding carboxylic acids is 1. The molecule has 92 valence electrons. The largest absolute Gasteiger partial charge is 0.335 e. The van der Waals surface area contributed by atoms with E-state index in [1.165, 1.54) is 12.4 Å². The first-order valence-electron chi connectivity index (χ1n) is 5.75. The fraction of sp³-hybridized carbons (Fsp3) is 0.364. The van der Waals surface area contributed by atoms with Gasteiger partial charge in [0.1, 0.15) is 5.69 Å². The maximum atomic E-state index is 12.1. The average Bonchev–Trinajstić information content (AvgIpc) is 3.09. The second-order valence-electron chi connectivity index (χ2n) is 4.13. The van der Waals surface area contributed by atoms with Crippen molar-refractivity contribution in [2.75, 3.05) is 13.1 Å². The highest BCUT2D eigenvalue weighted by atomic mass is 16.2. The van der Waals surface area contributed by atoms with Crippen LogP contribution in [-0.4, -0.2) is 48.9 Å². The Bertz CT molecular complexity index is 526. The van der Waals surface area contributed by atoms with Crippen LogP contribution >= 0.6 is 0 Å². The summed E-state index contributed by atoms with van der Waals surface area (Å²) in [5.74, 6) is -0.0854. The predicted molar refractivity (Wildman–Crippen MR) is 61.6 cm³/mol. The summed E-state index contributed by atoms with van der Waals surface area (Å²) in [5.41, 5.74) is 0.381. The van der Waals surface area contributed by atoms with Crippen LogP contribution in [0.3, 0.4) is 0 Å². The van der Waals surface area contributed by atoms with Gasteiger partial charge in [-0.15, -0.1) is 0 Å². The lowest BCUT2D eigenvalue weighted by atomic mass is 10.3. The first-order chi connectivity index (χ1) is 8.84. The Kier molecular flexibility index (Phi) is 2.71. The van der Waals surface area contributed by atoms with Gasteiger partial charge in [-0.05, 0) is 6.42 Å². The summed E-state index contributed by atoms with van der Waals surface area (Å²) in [5, 5.41) is 8.21. The van der Waals surface area contributed by atoms with E-state index in [0.29, 0.717) is 18.8 Å². The number of nitrogens with zero attached hydrogens (tertiary/aromatic N) is 6. The molecular weight excluding hydrogens is 232 g/mol. The summed E-state index contributed by atoms with van der Waals surface area (Å²) >= 11 is 0. The van der Waals surface area contributed by atoms with E-state index in [1.807, 2.05) is 0 Å². The molecule has 1 amide bonds. The highest BCUT2D eigenvalue weighted by Crippen LogP contribution is 2.20. The molecule has 0 N–H and O–H groups in total. The summed E-state index contributed by atoms with van der Waals surface area (Å²) in [6.45, 7) is 1.31. The van der Waals surface area contributed by atoms with E-state index in [0.717, 1.165) is 6.42 Å². The average molecular weight is 244 g/mol. The molecule has 0 spiro atoms. The van der Waals surface area contributed by atoms with Crippen molar-refractivity contribution in [2.45, 2.75) is 12.5 Å². The van der Waals surface area contributed by atoms with E-state index in [1.54, 1.807) is 28.3 Å². The zero-order valence-corrected chi connectivity index (χ0v) is 9.68. The summed E-state index contributed by atoms with van der Waals surface area (Å²) in [6, 6.07) is 0.153. The predicted octanol–water partition coefficient (Wildman–Crippen LogP) is 0.155.